The number of hydrazine groups is 1. The summed E-state index contributed by atoms with van der Waals surface area (Å²) < 4.78 is 20.2. The molecule has 19 heavy (non-hydrogen) atoms. The van der Waals surface area contributed by atoms with Gasteiger partial charge in [0.05, 0.1) is 6.10 Å². The van der Waals surface area contributed by atoms with Crippen molar-refractivity contribution in [2.45, 2.75) is 38.3 Å². The molecule has 1 fully saturated rings. The van der Waals surface area contributed by atoms with E-state index in [2.05, 4.69) is 21.4 Å². The monoisotopic (exact) mass is 330 g/mol. The van der Waals surface area contributed by atoms with Crippen molar-refractivity contribution in [1.82, 2.24) is 5.43 Å². The summed E-state index contributed by atoms with van der Waals surface area (Å²) in [5.74, 6) is 5.92. The molecule has 3 N–H and O–H groups in total. The van der Waals surface area contributed by atoms with Crippen LogP contribution in [0.15, 0.2) is 22.7 Å². The largest absolute Gasteiger partial charge is 0.378 e. The molecule has 1 saturated carbocycles. The van der Waals surface area contributed by atoms with Crippen LogP contribution in [0.25, 0.3) is 0 Å². The number of halogens is 2. The number of rotatable bonds is 6. The molecule has 0 radical (unpaired) electrons. The van der Waals surface area contributed by atoms with Crippen molar-refractivity contribution in [3.63, 3.8) is 0 Å². The van der Waals surface area contributed by atoms with Crippen molar-refractivity contribution in [2.75, 3.05) is 6.61 Å². The minimum atomic E-state index is -0.216. The van der Waals surface area contributed by atoms with E-state index in [9.17, 15) is 4.39 Å². The predicted molar refractivity (Wildman–Crippen MR) is 76.9 cm³/mol. The van der Waals surface area contributed by atoms with Crippen LogP contribution in [0, 0.1) is 11.7 Å². The first-order valence-electron chi connectivity index (χ1n) is 6.66. The molecule has 3 nitrogen and oxygen atoms in total. The van der Waals surface area contributed by atoms with E-state index in [-0.39, 0.29) is 11.9 Å². The fourth-order valence-electron chi connectivity index (χ4n) is 2.64. The highest BCUT2D eigenvalue weighted by Gasteiger charge is 2.32. The van der Waals surface area contributed by atoms with E-state index < -0.39 is 0 Å². The van der Waals surface area contributed by atoms with Gasteiger partial charge in [0, 0.05) is 22.7 Å². The van der Waals surface area contributed by atoms with Gasteiger partial charge in [-0.05, 0) is 50.3 Å². The van der Waals surface area contributed by atoms with Gasteiger partial charge in [-0.2, -0.15) is 0 Å². The highest BCUT2D eigenvalue weighted by Crippen LogP contribution is 2.37. The van der Waals surface area contributed by atoms with Crippen LogP contribution in [-0.4, -0.2) is 12.7 Å². The smallest absolute Gasteiger partial charge is 0.128 e. The lowest BCUT2D eigenvalue weighted by atomic mass is 9.77. The van der Waals surface area contributed by atoms with Gasteiger partial charge in [0.2, 0.25) is 0 Å². The first kappa shape index (κ1) is 14.9. The van der Waals surface area contributed by atoms with E-state index in [1.165, 1.54) is 6.07 Å². The van der Waals surface area contributed by atoms with Crippen molar-refractivity contribution < 1.29 is 9.13 Å². The molecule has 1 atom stereocenters. The molecule has 0 bridgehead atoms. The zero-order valence-electron chi connectivity index (χ0n) is 11.0. The SMILES string of the molecule is CCOC1CC(CC(NN)c2cc(Br)ccc2F)C1. The maximum Gasteiger partial charge on any atom is 0.128 e. The Morgan fingerprint density at radius 3 is 2.89 bits per heavy atom. The normalized spacial score (nSPS) is 24.0. The third-order valence-corrected chi connectivity index (χ3v) is 4.19. The van der Waals surface area contributed by atoms with Crippen LogP contribution in [0.1, 0.15) is 37.8 Å². The lowest BCUT2D eigenvalue weighted by Gasteiger charge is -2.37. The molecule has 0 aliphatic heterocycles. The van der Waals surface area contributed by atoms with Crippen molar-refractivity contribution in [3.8, 4) is 0 Å². The summed E-state index contributed by atoms with van der Waals surface area (Å²) in [7, 11) is 0. The van der Waals surface area contributed by atoms with Crippen LogP contribution in [0.2, 0.25) is 0 Å². The highest BCUT2D eigenvalue weighted by atomic mass is 79.9. The number of hydrogen-bond donors (Lipinski definition) is 2. The molecular formula is C14H20BrFN2O. The molecule has 1 aliphatic carbocycles. The Balaban J connectivity index is 1.95. The number of nitrogens with one attached hydrogen (secondary N) is 1. The molecule has 1 unspecified atom stereocenters. The van der Waals surface area contributed by atoms with Gasteiger partial charge in [-0.3, -0.25) is 11.3 Å². The van der Waals surface area contributed by atoms with Gasteiger partial charge in [-0.25, -0.2) is 4.39 Å². The summed E-state index contributed by atoms with van der Waals surface area (Å²) in [6.45, 7) is 2.77. The molecule has 0 spiro atoms. The predicted octanol–water partition coefficient (Wildman–Crippen LogP) is 3.30. The Hall–Kier alpha value is -0.490. The van der Waals surface area contributed by atoms with Gasteiger partial charge in [0.15, 0.2) is 0 Å². The second-order valence-corrected chi connectivity index (χ2v) is 5.95. The molecule has 0 amide bonds. The van der Waals surface area contributed by atoms with Gasteiger partial charge >= 0.3 is 0 Å². The van der Waals surface area contributed by atoms with Crippen LogP contribution in [0.5, 0.6) is 0 Å². The molecular weight excluding hydrogens is 311 g/mol. The van der Waals surface area contributed by atoms with E-state index in [0.29, 0.717) is 17.6 Å². The van der Waals surface area contributed by atoms with Crippen LogP contribution >= 0.6 is 15.9 Å². The molecule has 106 valence electrons. The molecule has 2 rings (SSSR count). The quantitative estimate of drug-likeness (QED) is 0.621. The van der Waals surface area contributed by atoms with E-state index in [4.69, 9.17) is 10.6 Å². The van der Waals surface area contributed by atoms with E-state index in [1.807, 2.05) is 6.92 Å². The Bertz CT molecular complexity index is 424. The average Bonchev–Trinajstić information content (AvgIpc) is 2.35. The van der Waals surface area contributed by atoms with Crippen LogP contribution in [-0.2, 0) is 4.74 Å². The second-order valence-electron chi connectivity index (χ2n) is 5.04. The van der Waals surface area contributed by atoms with Gasteiger partial charge in [0.1, 0.15) is 5.82 Å². The minimum Gasteiger partial charge on any atom is -0.378 e. The maximum absolute atomic E-state index is 13.8. The summed E-state index contributed by atoms with van der Waals surface area (Å²) in [4.78, 5) is 0. The number of nitrogens with two attached hydrogens (primary N) is 1. The second kappa shape index (κ2) is 6.79. The minimum absolute atomic E-state index is 0.148. The van der Waals surface area contributed by atoms with Crippen molar-refractivity contribution in [3.05, 3.63) is 34.1 Å². The standard InChI is InChI=1S/C14H20BrFN2O/c1-2-19-11-5-9(6-11)7-14(18-17)12-8-10(15)3-4-13(12)16/h3-4,8-9,11,14,18H,2,5-7,17H2,1H3. The molecule has 1 aromatic carbocycles. The Kier molecular flexibility index (Phi) is 5.33. The number of ether oxygens (including phenoxy) is 1. The zero-order valence-corrected chi connectivity index (χ0v) is 12.6. The van der Waals surface area contributed by atoms with Gasteiger partial charge in [-0.15, -0.1) is 0 Å². The van der Waals surface area contributed by atoms with Gasteiger partial charge in [0.25, 0.3) is 0 Å². The lowest BCUT2D eigenvalue weighted by Crippen LogP contribution is -2.36. The van der Waals surface area contributed by atoms with Crippen LogP contribution in [0.3, 0.4) is 0 Å². The summed E-state index contributed by atoms with van der Waals surface area (Å²) in [6, 6.07) is 4.80. The van der Waals surface area contributed by atoms with Gasteiger partial charge < -0.3 is 4.74 Å². The third-order valence-electron chi connectivity index (χ3n) is 3.70. The Morgan fingerprint density at radius 2 is 2.26 bits per heavy atom. The molecule has 0 saturated heterocycles. The molecule has 5 heteroatoms. The van der Waals surface area contributed by atoms with E-state index in [1.54, 1.807) is 12.1 Å². The first-order valence-corrected chi connectivity index (χ1v) is 7.46. The highest BCUT2D eigenvalue weighted by molar-refractivity contribution is 9.10. The van der Waals surface area contributed by atoms with Crippen molar-refractivity contribution >= 4 is 15.9 Å². The fraction of sp³-hybridized carbons (Fsp3) is 0.571. The molecule has 0 heterocycles. The van der Waals surface area contributed by atoms with Crippen molar-refractivity contribution in [2.24, 2.45) is 11.8 Å². The summed E-state index contributed by atoms with van der Waals surface area (Å²) in [5, 5.41) is 0. The Morgan fingerprint density at radius 1 is 1.53 bits per heavy atom. The zero-order chi connectivity index (χ0) is 13.8. The summed E-state index contributed by atoms with van der Waals surface area (Å²) in [6.07, 6.45) is 3.30. The number of benzene rings is 1. The van der Waals surface area contributed by atoms with E-state index >= 15 is 0 Å². The topological polar surface area (TPSA) is 47.3 Å². The fourth-order valence-corrected chi connectivity index (χ4v) is 3.02. The maximum atomic E-state index is 13.8. The molecule has 0 aromatic heterocycles. The van der Waals surface area contributed by atoms with Crippen LogP contribution in [0.4, 0.5) is 4.39 Å². The van der Waals surface area contributed by atoms with Gasteiger partial charge in [-0.1, -0.05) is 15.9 Å². The third kappa shape index (κ3) is 3.75. The lowest BCUT2D eigenvalue weighted by molar-refractivity contribution is -0.0292. The van der Waals surface area contributed by atoms with Crippen molar-refractivity contribution in [1.29, 1.82) is 0 Å². The molecule has 1 aliphatic rings. The molecule has 1 aromatic rings. The van der Waals surface area contributed by atoms with Crippen LogP contribution < -0.4 is 11.3 Å². The average molecular weight is 331 g/mol. The summed E-state index contributed by atoms with van der Waals surface area (Å²) >= 11 is 3.37. The number of hydrogen-bond acceptors (Lipinski definition) is 3. The van der Waals surface area contributed by atoms with E-state index in [0.717, 1.165) is 30.3 Å². The summed E-state index contributed by atoms with van der Waals surface area (Å²) in [5.41, 5.74) is 3.35. The Labute approximate surface area is 121 Å². The first-order chi connectivity index (χ1) is 9.13.